The van der Waals surface area contributed by atoms with Gasteiger partial charge in [-0.25, -0.2) is 4.90 Å². The quantitative estimate of drug-likeness (QED) is 0.324. The Balaban J connectivity index is 2.59. The van der Waals surface area contributed by atoms with Gasteiger partial charge in [0.25, 0.3) is 0 Å². The van der Waals surface area contributed by atoms with Crippen molar-refractivity contribution in [2.75, 3.05) is 6.54 Å². The van der Waals surface area contributed by atoms with E-state index in [9.17, 15) is 0 Å². The number of aliphatic hydroxyl groups is 4. The maximum Gasteiger partial charge on any atom is 0.228 e. The number of likely N-dealkylation sites (tertiary alicyclic amines) is 1. The van der Waals surface area contributed by atoms with Gasteiger partial charge in [-0.2, -0.15) is 0 Å². The van der Waals surface area contributed by atoms with Gasteiger partial charge >= 0.3 is 0 Å². The standard InChI is InChI=1S/C5H11NO4/c7-4(8)6-3-1-2-5(6,9)10/h4,7-10H,1-3H2. The lowest BCUT2D eigenvalue weighted by atomic mass is 10.3. The Morgan fingerprint density at radius 3 is 2.10 bits per heavy atom. The van der Waals surface area contributed by atoms with Gasteiger partial charge in [0, 0.05) is 13.0 Å². The van der Waals surface area contributed by atoms with Crippen LogP contribution < -0.4 is 0 Å². The van der Waals surface area contributed by atoms with Gasteiger partial charge in [0.1, 0.15) is 0 Å². The minimum Gasteiger partial charge on any atom is -0.356 e. The highest BCUT2D eigenvalue weighted by atomic mass is 16.6. The zero-order valence-electron chi connectivity index (χ0n) is 5.43. The lowest BCUT2D eigenvalue weighted by Gasteiger charge is -2.28. The smallest absolute Gasteiger partial charge is 0.228 e. The zero-order chi connectivity index (χ0) is 7.78. The van der Waals surface area contributed by atoms with Gasteiger partial charge in [0.15, 0.2) is 0 Å². The van der Waals surface area contributed by atoms with E-state index in [0.29, 0.717) is 13.0 Å². The average Bonchev–Trinajstić information content (AvgIpc) is 2.08. The van der Waals surface area contributed by atoms with E-state index in [-0.39, 0.29) is 6.42 Å². The summed E-state index contributed by atoms with van der Waals surface area (Å²) in [4.78, 5) is 0.813. The molecule has 0 spiro atoms. The van der Waals surface area contributed by atoms with Gasteiger partial charge in [-0.15, -0.1) is 0 Å². The van der Waals surface area contributed by atoms with Crippen LogP contribution in [0.2, 0.25) is 0 Å². The lowest BCUT2D eigenvalue weighted by molar-refractivity contribution is -0.316. The van der Waals surface area contributed by atoms with Gasteiger partial charge in [-0.3, -0.25) is 0 Å². The summed E-state index contributed by atoms with van der Waals surface area (Å²) in [6, 6.07) is 0. The van der Waals surface area contributed by atoms with Crippen molar-refractivity contribution in [3.63, 3.8) is 0 Å². The fourth-order valence-corrected chi connectivity index (χ4v) is 1.11. The summed E-state index contributed by atoms with van der Waals surface area (Å²) in [6.45, 7) is 0.296. The number of rotatable bonds is 1. The molecular formula is C5H11NO4. The highest BCUT2D eigenvalue weighted by molar-refractivity contribution is 4.75. The predicted octanol–water partition coefficient (Wildman–Crippen LogP) is -2.01. The lowest BCUT2D eigenvalue weighted by Crippen LogP contribution is -2.49. The van der Waals surface area contributed by atoms with Crippen LogP contribution in [-0.2, 0) is 0 Å². The summed E-state index contributed by atoms with van der Waals surface area (Å²) in [5.41, 5.74) is 0. The number of nitrogens with zero attached hydrogens (tertiary/aromatic N) is 1. The number of hydrogen-bond acceptors (Lipinski definition) is 5. The first-order valence-corrected chi connectivity index (χ1v) is 3.12. The third-order valence-electron chi connectivity index (χ3n) is 1.65. The summed E-state index contributed by atoms with van der Waals surface area (Å²) in [5, 5.41) is 35.1. The van der Waals surface area contributed by atoms with E-state index in [4.69, 9.17) is 20.4 Å². The van der Waals surface area contributed by atoms with Gasteiger partial charge in [0.2, 0.25) is 12.3 Å². The molecule has 0 saturated carbocycles. The molecule has 0 unspecified atom stereocenters. The molecule has 10 heavy (non-hydrogen) atoms. The Hall–Kier alpha value is -0.200. The van der Waals surface area contributed by atoms with Crippen molar-refractivity contribution in [1.82, 2.24) is 4.90 Å². The fraction of sp³-hybridized carbons (Fsp3) is 1.00. The molecule has 1 heterocycles. The highest BCUT2D eigenvalue weighted by Gasteiger charge is 2.40. The molecule has 0 atom stereocenters. The second-order valence-corrected chi connectivity index (χ2v) is 2.42. The second-order valence-electron chi connectivity index (χ2n) is 2.42. The summed E-state index contributed by atoms with van der Waals surface area (Å²) in [6.07, 6.45) is -1.06. The third-order valence-corrected chi connectivity index (χ3v) is 1.65. The van der Waals surface area contributed by atoms with Crippen LogP contribution in [0.15, 0.2) is 0 Å². The first-order chi connectivity index (χ1) is 4.54. The molecule has 0 aromatic rings. The van der Waals surface area contributed by atoms with E-state index < -0.39 is 12.3 Å². The highest BCUT2D eigenvalue weighted by Crippen LogP contribution is 2.24. The minimum atomic E-state index is -2.03. The van der Waals surface area contributed by atoms with E-state index >= 15 is 0 Å². The fourth-order valence-electron chi connectivity index (χ4n) is 1.11. The van der Waals surface area contributed by atoms with Gasteiger partial charge in [-0.1, -0.05) is 0 Å². The molecule has 60 valence electrons. The molecule has 0 amide bonds. The van der Waals surface area contributed by atoms with Gasteiger partial charge < -0.3 is 20.4 Å². The van der Waals surface area contributed by atoms with E-state index in [2.05, 4.69) is 0 Å². The molecular weight excluding hydrogens is 138 g/mol. The Labute approximate surface area is 58.1 Å². The number of aliphatic hydroxyl groups excluding tert-OH is 1. The second kappa shape index (κ2) is 2.44. The summed E-state index contributed by atoms with van der Waals surface area (Å²) < 4.78 is 0. The van der Waals surface area contributed by atoms with E-state index in [1.54, 1.807) is 0 Å². The van der Waals surface area contributed by atoms with Crippen LogP contribution in [0.25, 0.3) is 0 Å². The molecule has 0 aromatic carbocycles. The molecule has 1 rings (SSSR count). The molecule has 5 heteroatoms. The molecule has 5 nitrogen and oxygen atoms in total. The topological polar surface area (TPSA) is 84.2 Å². The Bertz CT molecular complexity index is 125. The van der Waals surface area contributed by atoms with Gasteiger partial charge in [0.05, 0.1) is 0 Å². The molecule has 1 aliphatic heterocycles. The maximum absolute atomic E-state index is 8.99. The van der Waals surface area contributed by atoms with E-state index in [1.165, 1.54) is 0 Å². The number of hydrogen-bond donors (Lipinski definition) is 4. The van der Waals surface area contributed by atoms with Crippen molar-refractivity contribution in [2.45, 2.75) is 25.2 Å². The van der Waals surface area contributed by atoms with Crippen molar-refractivity contribution in [2.24, 2.45) is 0 Å². The average molecular weight is 149 g/mol. The molecule has 0 aliphatic carbocycles. The zero-order valence-corrected chi connectivity index (χ0v) is 5.43. The largest absolute Gasteiger partial charge is 0.356 e. The van der Waals surface area contributed by atoms with Crippen LogP contribution in [0.5, 0.6) is 0 Å². The van der Waals surface area contributed by atoms with Crippen LogP contribution in [0, 0.1) is 0 Å². The molecule has 1 fully saturated rings. The first kappa shape index (κ1) is 7.90. The van der Waals surface area contributed by atoms with Crippen molar-refractivity contribution in [3.8, 4) is 0 Å². The van der Waals surface area contributed by atoms with Gasteiger partial charge in [-0.05, 0) is 6.42 Å². The summed E-state index contributed by atoms with van der Waals surface area (Å²) >= 11 is 0. The SMILES string of the molecule is OC(O)N1CCCC1(O)O. The van der Waals surface area contributed by atoms with Crippen LogP contribution in [0.3, 0.4) is 0 Å². The van der Waals surface area contributed by atoms with E-state index in [1.807, 2.05) is 0 Å². The van der Waals surface area contributed by atoms with Crippen molar-refractivity contribution < 1.29 is 20.4 Å². The maximum atomic E-state index is 8.99. The summed E-state index contributed by atoms with van der Waals surface area (Å²) in [7, 11) is 0. The molecule has 0 aromatic heterocycles. The molecule has 4 N–H and O–H groups in total. The minimum absolute atomic E-state index is 0.157. The van der Waals surface area contributed by atoms with Crippen LogP contribution in [-0.4, -0.2) is 44.2 Å². The first-order valence-electron chi connectivity index (χ1n) is 3.12. The van der Waals surface area contributed by atoms with E-state index in [0.717, 1.165) is 4.90 Å². The predicted molar refractivity (Wildman–Crippen MR) is 31.3 cm³/mol. The van der Waals surface area contributed by atoms with Crippen molar-refractivity contribution >= 4 is 0 Å². The molecule has 0 bridgehead atoms. The third kappa shape index (κ3) is 1.28. The van der Waals surface area contributed by atoms with Crippen LogP contribution in [0.1, 0.15) is 12.8 Å². The molecule has 1 aliphatic rings. The van der Waals surface area contributed by atoms with Crippen molar-refractivity contribution in [3.05, 3.63) is 0 Å². The monoisotopic (exact) mass is 149 g/mol. The molecule has 0 radical (unpaired) electrons. The van der Waals surface area contributed by atoms with Crippen LogP contribution in [0.4, 0.5) is 0 Å². The Morgan fingerprint density at radius 1 is 1.30 bits per heavy atom. The Morgan fingerprint density at radius 2 is 1.90 bits per heavy atom. The Kier molecular flexibility index (Phi) is 1.93. The molecule has 1 saturated heterocycles. The van der Waals surface area contributed by atoms with Crippen LogP contribution >= 0.6 is 0 Å². The normalized spacial score (nSPS) is 26.1. The summed E-state index contributed by atoms with van der Waals surface area (Å²) in [5.74, 6) is -2.03. The van der Waals surface area contributed by atoms with Crippen molar-refractivity contribution in [1.29, 1.82) is 0 Å².